The minimum Gasteiger partial charge on any atom is -0.481 e. The minimum absolute atomic E-state index is 0.261. The summed E-state index contributed by atoms with van der Waals surface area (Å²) >= 11 is 0. The van der Waals surface area contributed by atoms with E-state index in [1.807, 2.05) is 30.3 Å². The molecule has 146 valence electrons. The van der Waals surface area contributed by atoms with Gasteiger partial charge < -0.3 is 14.9 Å². The minimum atomic E-state index is -1.55. The van der Waals surface area contributed by atoms with Gasteiger partial charge in [0.05, 0.1) is 17.9 Å². The van der Waals surface area contributed by atoms with E-state index in [4.69, 9.17) is 4.74 Å². The van der Waals surface area contributed by atoms with E-state index in [2.05, 4.69) is 0 Å². The predicted octanol–water partition coefficient (Wildman–Crippen LogP) is 4.00. The highest BCUT2D eigenvalue weighted by Crippen LogP contribution is 2.25. The van der Waals surface area contributed by atoms with Crippen LogP contribution in [0.2, 0.25) is 0 Å². The van der Waals surface area contributed by atoms with Crippen LogP contribution in [-0.4, -0.2) is 28.1 Å². The third-order valence-corrected chi connectivity index (χ3v) is 4.40. The molecule has 6 heteroatoms. The number of carboxylic acid groups (broad SMARTS) is 2. The van der Waals surface area contributed by atoms with Crippen molar-refractivity contribution in [2.75, 3.05) is 0 Å². The quantitative estimate of drug-likeness (QED) is 0.359. The first-order chi connectivity index (χ1) is 14.0. The molecule has 6 nitrogen and oxygen atoms in total. The van der Waals surface area contributed by atoms with Crippen LogP contribution in [0.4, 0.5) is 0 Å². The second-order valence-corrected chi connectivity index (χ2v) is 6.36. The van der Waals surface area contributed by atoms with E-state index in [1.165, 1.54) is 6.08 Å². The molecule has 0 aliphatic heterocycles. The molecule has 0 bridgehead atoms. The van der Waals surface area contributed by atoms with Gasteiger partial charge >= 0.3 is 17.9 Å². The standard InChI is InChI=1S/C23H18O6/c24-21(29-17-10-2-1-3-11-17)14-20(23(27)28)19(22(25)26)13-16-9-6-8-15-7-4-5-12-18(15)16/h1-13,20H,14H2,(H,25,26)(H,27,28). The van der Waals surface area contributed by atoms with Crippen LogP contribution in [0.25, 0.3) is 16.8 Å². The summed E-state index contributed by atoms with van der Waals surface area (Å²) in [6, 6.07) is 20.9. The molecular weight excluding hydrogens is 372 g/mol. The van der Waals surface area contributed by atoms with Crippen molar-refractivity contribution in [3.63, 3.8) is 0 Å². The Bertz CT molecular complexity index is 1080. The molecule has 29 heavy (non-hydrogen) atoms. The number of rotatable bonds is 7. The van der Waals surface area contributed by atoms with Crippen LogP contribution in [0.3, 0.4) is 0 Å². The van der Waals surface area contributed by atoms with E-state index in [9.17, 15) is 24.6 Å². The van der Waals surface area contributed by atoms with Crippen molar-refractivity contribution in [3.8, 4) is 5.75 Å². The van der Waals surface area contributed by atoms with Gasteiger partial charge in [-0.05, 0) is 34.5 Å². The number of carbonyl (C=O) groups excluding carboxylic acids is 1. The first kappa shape index (κ1) is 19.8. The average molecular weight is 390 g/mol. The molecule has 0 heterocycles. The van der Waals surface area contributed by atoms with Crippen molar-refractivity contribution in [1.29, 1.82) is 0 Å². The average Bonchev–Trinajstić information content (AvgIpc) is 2.71. The molecule has 2 N–H and O–H groups in total. The van der Waals surface area contributed by atoms with E-state index in [-0.39, 0.29) is 11.3 Å². The Balaban J connectivity index is 1.93. The Kier molecular flexibility index (Phi) is 6.04. The molecule has 1 unspecified atom stereocenters. The van der Waals surface area contributed by atoms with E-state index in [0.717, 1.165) is 10.8 Å². The monoisotopic (exact) mass is 390 g/mol. The van der Waals surface area contributed by atoms with Crippen LogP contribution < -0.4 is 4.74 Å². The molecule has 0 radical (unpaired) electrons. The summed E-state index contributed by atoms with van der Waals surface area (Å²) in [4.78, 5) is 35.8. The van der Waals surface area contributed by atoms with Crippen molar-refractivity contribution < 1.29 is 29.3 Å². The second kappa shape index (κ2) is 8.84. The number of carboxylic acids is 2. The molecule has 0 aliphatic rings. The number of carbonyl (C=O) groups is 3. The van der Waals surface area contributed by atoms with Crippen LogP contribution in [0.15, 0.2) is 78.4 Å². The second-order valence-electron chi connectivity index (χ2n) is 6.36. The number of para-hydroxylation sites is 1. The lowest BCUT2D eigenvalue weighted by Gasteiger charge is -2.14. The number of ether oxygens (including phenoxy) is 1. The van der Waals surface area contributed by atoms with Crippen LogP contribution in [0, 0.1) is 5.92 Å². The highest BCUT2D eigenvalue weighted by Gasteiger charge is 2.31. The van der Waals surface area contributed by atoms with Crippen molar-refractivity contribution in [1.82, 2.24) is 0 Å². The van der Waals surface area contributed by atoms with Gasteiger partial charge in [0.2, 0.25) is 0 Å². The molecule has 0 spiro atoms. The van der Waals surface area contributed by atoms with Gasteiger partial charge in [0.1, 0.15) is 5.75 Å². The first-order valence-corrected chi connectivity index (χ1v) is 8.87. The van der Waals surface area contributed by atoms with Crippen LogP contribution in [0.1, 0.15) is 12.0 Å². The molecule has 0 saturated heterocycles. The molecule has 0 saturated carbocycles. The highest BCUT2D eigenvalue weighted by molar-refractivity contribution is 6.02. The fourth-order valence-corrected chi connectivity index (χ4v) is 3.01. The maximum Gasteiger partial charge on any atom is 0.332 e. The van der Waals surface area contributed by atoms with Crippen molar-refractivity contribution in [2.45, 2.75) is 6.42 Å². The number of hydrogen-bond acceptors (Lipinski definition) is 4. The zero-order chi connectivity index (χ0) is 20.8. The number of esters is 1. The third-order valence-electron chi connectivity index (χ3n) is 4.40. The molecule has 3 aromatic rings. The van der Waals surface area contributed by atoms with Crippen LogP contribution in [-0.2, 0) is 14.4 Å². The summed E-state index contributed by atoms with van der Waals surface area (Å²) in [5.74, 6) is -4.94. The summed E-state index contributed by atoms with van der Waals surface area (Å²) in [5.41, 5.74) is 0.169. The fourth-order valence-electron chi connectivity index (χ4n) is 3.01. The zero-order valence-corrected chi connectivity index (χ0v) is 15.3. The number of hydrogen-bond donors (Lipinski definition) is 2. The van der Waals surface area contributed by atoms with Crippen molar-refractivity contribution in [2.24, 2.45) is 5.92 Å². The molecule has 3 rings (SSSR count). The highest BCUT2D eigenvalue weighted by atomic mass is 16.5. The lowest BCUT2D eigenvalue weighted by molar-refractivity contribution is -0.147. The van der Waals surface area contributed by atoms with E-state index >= 15 is 0 Å². The van der Waals surface area contributed by atoms with Gasteiger partial charge in [0, 0.05) is 0 Å². The number of aliphatic carboxylic acids is 2. The third kappa shape index (κ3) is 4.87. The Morgan fingerprint density at radius 1 is 0.862 bits per heavy atom. The van der Waals surface area contributed by atoms with E-state index in [0.29, 0.717) is 5.56 Å². The van der Waals surface area contributed by atoms with Gasteiger partial charge in [0.25, 0.3) is 0 Å². The molecule has 0 amide bonds. The Hall–Kier alpha value is -3.93. The summed E-state index contributed by atoms with van der Waals surface area (Å²) in [5, 5.41) is 20.9. The van der Waals surface area contributed by atoms with E-state index < -0.39 is 30.2 Å². The van der Waals surface area contributed by atoms with E-state index in [1.54, 1.807) is 42.5 Å². The van der Waals surface area contributed by atoms with Crippen LogP contribution >= 0.6 is 0 Å². The Labute approximate surface area is 166 Å². The largest absolute Gasteiger partial charge is 0.481 e. The van der Waals surface area contributed by atoms with Gasteiger partial charge in [-0.3, -0.25) is 9.59 Å². The SMILES string of the molecule is O=C(CC(C(=O)O)C(=Cc1cccc2ccccc12)C(=O)O)Oc1ccccc1. The van der Waals surface area contributed by atoms with Gasteiger partial charge in [-0.25, -0.2) is 4.79 Å². The number of benzene rings is 3. The Morgan fingerprint density at radius 3 is 2.21 bits per heavy atom. The lowest BCUT2D eigenvalue weighted by Crippen LogP contribution is -2.26. The molecule has 0 fully saturated rings. The molecule has 0 aliphatic carbocycles. The normalized spacial score (nSPS) is 12.3. The lowest BCUT2D eigenvalue weighted by atomic mass is 9.92. The van der Waals surface area contributed by atoms with Gasteiger partial charge in [-0.2, -0.15) is 0 Å². The molecule has 1 atom stereocenters. The molecule has 0 aromatic heterocycles. The van der Waals surface area contributed by atoms with Crippen LogP contribution in [0.5, 0.6) is 5.75 Å². The summed E-state index contributed by atoms with van der Waals surface area (Å²) in [6.45, 7) is 0. The zero-order valence-electron chi connectivity index (χ0n) is 15.3. The number of fused-ring (bicyclic) bond motifs is 1. The molecule has 3 aromatic carbocycles. The summed E-state index contributed by atoms with van der Waals surface area (Å²) < 4.78 is 5.12. The summed E-state index contributed by atoms with van der Waals surface area (Å²) in [7, 11) is 0. The maximum atomic E-state index is 12.2. The maximum absolute atomic E-state index is 12.2. The van der Waals surface area contributed by atoms with Gasteiger partial charge in [-0.15, -0.1) is 0 Å². The van der Waals surface area contributed by atoms with Crippen molar-refractivity contribution in [3.05, 3.63) is 83.9 Å². The van der Waals surface area contributed by atoms with Gasteiger partial charge in [0.15, 0.2) is 0 Å². The van der Waals surface area contributed by atoms with Crippen molar-refractivity contribution >= 4 is 34.8 Å². The smallest absolute Gasteiger partial charge is 0.332 e. The predicted molar refractivity (Wildman–Crippen MR) is 107 cm³/mol. The fraction of sp³-hybridized carbons (Fsp3) is 0.0870. The molecular formula is C23H18O6. The Morgan fingerprint density at radius 2 is 1.52 bits per heavy atom. The topological polar surface area (TPSA) is 101 Å². The summed E-state index contributed by atoms with van der Waals surface area (Å²) in [6.07, 6.45) is 0.701. The first-order valence-electron chi connectivity index (χ1n) is 8.87. The van der Waals surface area contributed by atoms with Gasteiger partial charge in [-0.1, -0.05) is 60.7 Å².